The molecule has 0 amide bonds. The minimum absolute atomic E-state index is 0.0924. The number of azide groups is 1. The van der Waals surface area contributed by atoms with Crippen LogP contribution in [0.5, 0.6) is 5.75 Å². The van der Waals surface area contributed by atoms with Gasteiger partial charge in [0.05, 0.1) is 19.8 Å². The lowest BCUT2D eigenvalue weighted by molar-refractivity contribution is 0.188. The molecule has 0 aliphatic heterocycles. The molecule has 0 aromatic heterocycles. The summed E-state index contributed by atoms with van der Waals surface area (Å²) in [7, 11) is -0.245. The summed E-state index contributed by atoms with van der Waals surface area (Å²) in [4.78, 5) is 2.88. The Balaban J connectivity index is 2.85. The van der Waals surface area contributed by atoms with Gasteiger partial charge in [0, 0.05) is 4.91 Å². The van der Waals surface area contributed by atoms with Crippen LogP contribution < -0.4 is 4.74 Å². The van der Waals surface area contributed by atoms with Gasteiger partial charge in [0.1, 0.15) is 5.75 Å². The fourth-order valence-electron chi connectivity index (χ4n) is 1.89. The molecule has 0 saturated heterocycles. The first-order chi connectivity index (χ1) is 10.2. The van der Waals surface area contributed by atoms with Crippen LogP contribution in [0.2, 0.25) is 18.1 Å². The number of nitrogens with zero attached hydrogens (tertiary/aromatic N) is 3. The van der Waals surface area contributed by atoms with Gasteiger partial charge in [0.25, 0.3) is 0 Å². The van der Waals surface area contributed by atoms with E-state index < -0.39 is 8.32 Å². The van der Waals surface area contributed by atoms with E-state index >= 15 is 0 Å². The van der Waals surface area contributed by atoms with Crippen LogP contribution in [-0.4, -0.2) is 28.1 Å². The third-order valence-corrected chi connectivity index (χ3v) is 8.77. The van der Waals surface area contributed by atoms with E-state index in [-0.39, 0.29) is 11.1 Å². The van der Waals surface area contributed by atoms with E-state index in [0.29, 0.717) is 6.54 Å². The van der Waals surface area contributed by atoms with Gasteiger partial charge in [-0.05, 0) is 47.8 Å². The van der Waals surface area contributed by atoms with Crippen molar-refractivity contribution in [3.05, 3.63) is 40.3 Å². The summed E-state index contributed by atoms with van der Waals surface area (Å²) in [6.45, 7) is 11.4. The van der Waals surface area contributed by atoms with Gasteiger partial charge < -0.3 is 9.16 Å². The maximum atomic E-state index is 8.61. The van der Waals surface area contributed by atoms with Gasteiger partial charge in [-0.2, -0.15) is 0 Å². The number of rotatable bonds is 7. The molecule has 0 aliphatic rings. The lowest BCUT2D eigenvalue weighted by Gasteiger charge is -2.39. The molecule has 0 heterocycles. The minimum Gasteiger partial charge on any atom is -0.497 e. The van der Waals surface area contributed by atoms with Gasteiger partial charge in [-0.3, -0.25) is 0 Å². The summed E-state index contributed by atoms with van der Waals surface area (Å²) in [6.07, 6.45) is 0.639. The zero-order valence-electron chi connectivity index (χ0n) is 14.5. The Morgan fingerprint density at radius 1 is 1.23 bits per heavy atom. The second-order valence-electron chi connectivity index (χ2n) is 6.97. The second kappa shape index (κ2) is 7.67. The molecule has 1 unspecified atom stereocenters. The van der Waals surface area contributed by atoms with Crippen molar-refractivity contribution in [3.8, 4) is 5.75 Å². The smallest absolute Gasteiger partial charge is 0.192 e. The van der Waals surface area contributed by atoms with E-state index in [1.54, 1.807) is 7.11 Å². The van der Waals surface area contributed by atoms with Crippen molar-refractivity contribution >= 4 is 8.32 Å². The van der Waals surface area contributed by atoms with Crippen molar-refractivity contribution in [2.24, 2.45) is 5.11 Å². The van der Waals surface area contributed by atoms with Crippen LogP contribution in [0.1, 0.15) is 26.3 Å². The second-order valence-corrected chi connectivity index (χ2v) is 11.7. The highest BCUT2D eigenvalue weighted by molar-refractivity contribution is 6.74. The summed E-state index contributed by atoms with van der Waals surface area (Å²) in [6, 6.07) is 7.92. The zero-order chi connectivity index (χ0) is 16.8. The van der Waals surface area contributed by atoms with E-state index in [9.17, 15) is 0 Å². The van der Waals surface area contributed by atoms with Crippen LogP contribution >= 0.6 is 0 Å². The van der Waals surface area contributed by atoms with Gasteiger partial charge in [-0.15, -0.1) is 0 Å². The predicted molar refractivity (Wildman–Crippen MR) is 92.8 cm³/mol. The van der Waals surface area contributed by atoms with Crippen molar-refractivity contribution in [1.82, 2.24) is 0 Å². The van der Waals surface area contributed by atoms with Crippen molar-refractivity contribution in [1.29, 1.82) is 0 Å². The van der Waals surface area contributed by atoms with Gasteiger partial charge in [-0.25, -0.2) is 0 Å². The third-order valence-electron chi connectivity index (χ3n) is 4.24. The molecule has 1 atom stereocenters. The summed E-state index contributed by atoms with van der Waals surface area (Å²) < 4.78 is 11.6. The molecule has 5 nitrogen and oxygen atoms in total. The van der Waals surface area contributed by atoms with Crippen molar-refractivity contribution in [2.75, 3.05) is 13.7 Å². The topological polar surface area (TPSA) is 67.2 Å². The number of benzene rings is 1. The Bertz CT molecular complexity index is 517. The zero-order valence-corrected chi connectivity index (χ0v) is 15.5. The summed E-state index contributed by atoms with van der Waals surface area (Å²) in [5, 5.41) is 3.85. The quantitative estimate of drug-likeness (QED) is 0.309. The highest BCUT2D eigenvalue weighted by atomic mass is 28.4. The molecule has 0 fully saturated rings. The van der Waals surface area contributed by atoms with E-state index in [1.165, 1.54) is 0 Å². The van der Waals surface area contributed by atoms with Crippen LogP contribution in [-0.2, 0) is 10.8 Å². The Morgan fingerprint density at radius 3 is 2.27 bits per heavy atom. The first kappa shape index (κ1) is 18.6. The van der Waals surface area contributed by atoms with Gasteiger partial charge >= 0.3 is 0 Å². The predicted octanol–water partition coefficient (Wildman–Crippen LogP) is 4.94. The summed E-state index contributed by atoms with van der Waals surface area (Å²) in [5.41, 5.74) is 9.76. The normalized spacial score (nSPS) is 13.4. The van der Waals surface area contributed by atoms with E-state index in [1.807, 2.05) is 24.3 Å². The first-order valence-corrected chi connectivity index (χ1v) is 10.4. The van der Waals surface area contributed by atoms with Crippen molar-refractivity contribution in [2.45, 2.75) is 51.4 Å². The molecular weight excluding hydrogens is 294 g/mol. The maximum absolute atomic E-state index is 8.61. The molecule has 0 saturated carbocycles. The average Bonchev–Trinajstić information content (AvgIpc) is 2.44. The van der Waals surface area contributed by atoms with Gasteiger partial charge in [0.15, 0.2) is 8.32 Å². The monoisotopic (exact) mass is 321 g/mol. The number of ether oxygens (including phenoxy) is 1. The highest BCUT2D eigenvalue weighted by Crippen LogP contribution is 2.37. The fourth-order valence-corrected chi connectivity index (χ4v) is 3.23. The van der Waals surface area contributed by atoms with Crippen LogP contribution in [0, 0.1) is 0 Å². The Kier molecular flexibility index (Phi) is 6.47. The summed E-state index contributed by atoms with van der Waals surface area (Å²) >= 11 is 0. The largest absolute Gasteiger partial charge is 0.497 e. The third kappa shape index (κ3) is 5.37. The number of hydrogen-bond donors (Lipinski definition) is 0. The molecule has 1 aromatic carbocycles. The molecule has 0 aliphatic carbocycles. The standard InChI is InChI=1S/C16H27N3O2Si/c1-16(2,3)22(5,6)21-15(12-18-19-17)11-13-7-9-14(20-4)10-8-13/h7-10,15H,11-12H2,1-6H3. The number of hydrogen-bond acceptors (Lipinski definition) is 3. The van der Waals surface area contributed by atoms with E-state index in [0.717, 1.165) is 17.7 Å². The summed E-state index contributed by atoms with van der Waals surface area (Å²) in [5.74, 6) is 0.834. The van der Waals surface area contributed by atoms with E-state index in [2.05, 4.69) is 43.9 Å². The van der Waals surface area contributed by atoms with Crippen molar-refractivity contribution < 1.29 is 9.16 Å². The van der Waals surface area contributed by atoms with Crippen LogP contribution in [0.3, 0.4) is 0 Å². The van der Waals surface area contributed by atoms with E-state index in [4.69, 9.17) is 14.7 Å². The fraction of sp³-hybridized carbons (Fsp3) is 0.625. The molecule has 0 bridgehead atoms. The molecule has 1 rings (SSSR count). The molecule has 1 aromatic rings. The molecular formula is C16H27N3O2Si. The Hall–Kier alpha value is -1.49. The molecule has 122 valence electrons. The molecule has 0 radical (unpaired) electrons. The molecule has 22 heavy (non-hydrogen) atoms. The van der Waals surface area contributed by atoms with Gasteiger partial charge in [0.2, 0.25) is 0 Å². The average molecular weight is 321 g/mol. The van der Waals surface area contributed by atoms with Gasteiger partial charge in [-0.1, -0.05) is 38.0 Å². The Labute approximate surface area is 134 Å². The molecule has 0 spiro atoms. The first-order valence-electron chi connectivity index (χ1n) is 7.51. The molecule has 0 N–H and O–H groups in total. The number of methoxy groups -OCH3 is 1. The van der Waals surface area contributed by atoms with Crippen LogP contribution in [0.25, 0.3) is 10.4 Å². The molecule has 6 heteroatoms. The minimum atomic E-state index is -1.90. The van der Waals surface area contributed by atoms with Crippen LogP contribution in [0.15, 0.2) is 29.4 Å². The SMILES string of the molecule is COc1ccc(CC(CN=[N+]=[N-])O[Si](C)(C)C(C)(C)C)cc1. The maximum Gasteiger partial charge on any atom is 0.192 e. The lowest BCUT2D eigenvalue weighted by Crippen LogP contribution is -2.45. The van der Waals surface area contributed by atoms with Crippen molar-refractivity contribution in [3.63, 3.8) is 0 Å². The van der Waals surface area contributed by atoms with Crippen LogP contribution in [0.4, 0.5) is 0 Å². The lowest BCUT2D eigenvalue weighted by atomic mass is 10.1. The highest BCUT2D eigenvalue weighted by Gasteiger charge is 2.39. The Morgan fingerprint density at radius 2 is 1.82 bits per heavy atom.